The van der Waals surface area contributed by atoms with Gasteiger partial charge in [-0.3, -0.25) is 4.98 Å². The van der Waals surface area contributed by atoms with Crippen LogP contribution in [0.1, 0.15) is 16.7 Å². The summed E-state index contributed by atoms with van der Waals surface area (Å²) in [7, 11) is -4.01. The molecule has 0 aliphatic carbocycles. The highest BCUT2D eigenvalue weighted by Crippen LogP contribution is 2.37. The monoisotopic (exact) mass is 409 g/mol. The quantitative estimate of drug-likeness (QED) is 0.765. The first-order chi connectivity index (χ1) is 10.6. The zero-order valence-electron chi connectivity index (χ0n) is 11.7. The maximum Gasteiger partial charge on any atom is 0.418 e. The molecule has 2 rings (SSSR count). The summed E-state index contributed by atoms with van der Waals surface area (Å²) in [6.45, 7) is 0. The van der Waals surface area contributed by atoms with Gasteiger partial charge in [-0.2, -0.15) is 13.2 Å². The molecular formula is C14H11BrF3NO3S. The highest BCUT2D eigenvalue weighted by atomic mass is 79.9. The van der Waals surface area contributed by atoms with E-state index >= 15 is 0 Å². The molecule has 0 saturated carbocycles. The molecule has 23 heavy (non-hydrogen) atoms. The Kier molecular flexibility index (Phi) is 5.00. The van der Waals surface area contributed by atoms with Crippen LogP contribution in [0.3, 0.4) is 0 Å². The summed E-state index contributed by atoms with van der Waals surface area (Å²) in [6, 6.07) is 8.49. The van der Waals surface area contributed by atoms with Gasteiger partial charge in [-0.1, -0.05) is 18.2 Å². The van der Waals surface area contributed by atoms with Crippen LogP contribution in [0.2, 0.25) is 0 Å². The van der Waals surface area contributed by atoms with Gasteiger partial charge in [0.05, 0.1) is 5.56 Å². The third-order valence-corrected chi connectivity index (χ3v) is 4.32. The molecule has 0 fully saturated rings. The number of hydrogen-bond acceptors (Lipinski definition) is 4. The number of benzene rings is 1. The average Bonchev–Trinajstić information content (AvgIpc) is 2.44. The molecular weight excluding hydrogens is 399 g/mol. The van der Waals surface area contributed by atoms with Crippen LogP contribution in [0.15, 0.2) is 47.1 Å². The molecule has 0 saturated heterocycles. The van der Waals surface area contributed by atoms with E-state index in [-0.39, 0.29) is 10.2 Å². The summed E-state index contributed by atoms with van der Waals surface area (Å²) in [5, 5.41) is 0. The number of halogens is 4. The Morgan fingerprint density at radius 2 is 1.83 bits per heavy atom. The number of ether oxygens (including phenoxy) is 1. The van der Waals surface area contributed by atoms with Crippen molar-refractivity contribution in [2.24, 2.45) is 0 Å². The number of rotatable bonds is 4. The topological polar surface area (TPSA) is 56.3 Å². The van der Waals surface area contributed by atoms with Crippen molar-refractivity contribution in [1.29, 1.82) is 0 Å². The molecule has 2 aromatic rings. The van der Waals surface area contributed by atoms with Gasteiger partial charge in [0.2, 0.25) is 5.44 Å². The van der Waals surface area contributed by atoms with E-state index in [2.05, 4.69) is 20.9 Å². The molecule has 1 aromatic carbocycles. The van der Waals surface area contributed by atoms with Gasteiger partial charge in [0.15, 0.2) is 9.84 Å². The fraction of sp³-hybridized carbons (Fsp3) is 0.214. The van der Waals surface area contributed by atoms with Crippen LogP contribution in [-0.4, -0.2) is 19.7 Å². The normalized spacial score (nSPS) is 13.6. The molecule has 124 valence electrons. The molecule has 0 bridgehead atoms. The van der Waals surface area contributed by atoms with Crippen molar-refractivity contribution in [2.75, 3.05) is 6.26 Å². The highest BCUT2D eigenvalue weighted by Gasteiger charge is 2.40. The van der Waals surface area contributed by atoms with Gasteiger partial charge in [-0.05, 0) is 34.1 Å². The molecule has 1 aromatic heterocycles. The van der Waals surface area contributed by atoms with Crippen LogP contribution in [0.4, 0.5) is 13.2 Å². The van der Waals surface area contributed by atoms with E-state index in [4.69, 9.17) is 4.74 Å². The molecule has 0 aliphatic heterocycles. The van der Waals surface area contributed by atoms with Crippen molar-refractivity contribution in [1.82, 2.24) is 4.98 Å². The third-order valence-electron chi connectivity index (χ3n) is 2.79. The van der Waals surface area contributed by atoms with Crippen LogP contribution in [0.25, 0.3) is 0 Å². The summed E-state index contributed by atoms with van der Waals surface area (Å²) in [4.78, 5) is 3.64. The molecule has 0 aliphatic rings. The van der Waals surface area contributed by atoms with Crippen molar-refractivity contribution in [3.8, 4) is 5.75 Å². The van der Waals surface area contributed by atoms with Gasteiger partial charge in [0.1, 0.15) is 11.4 Å². The second-order valence-electron chi connectivity index (χ2n) is 4.68. The molecule has 0 spiro atoms. The molecule has 0 amide bonds. The standard InChI is InChI=1S/C14H11BrF3NO3S/c1-23(20,21)13(22-10-5-3-2-4-6-10)12-11(14(16,17)18)7-9(15)8-19-12/h2-8,13H,1H3. The van der Waals surface area contributed by atoms with E-state index in [1.165, 1.54) is 12.1 Å². The number of alkyl halides is 3. The van der Waals surface area contributed by atoms with Crippen molar-refractivity contribution < 1.29 is 26.3 Å². The van der Waals surface area contributed by atoms with Crippen LogP contribution in [0, 0.1) is 0 Å². The molecule has 1 atom stereocenters. The van der Waals surface area contributed by atoms with E-state index in [1.54, 1.807) is 18.2 Å². The van der Waals surface area contributed by atoms with Crippen LogP contribution in [-0.2, 0) is 16.0 Å². The fourth-order valence-corrected chi connectivity index (χ4v) is 3.04. The van der Waals surface area contributed by atoms with Crippen LogP contribution in [0.5, 0.6) is 5.75 Å². The summed E-state index contributed by atoms with van der Waals surface area (Å²) in [5.41, 5.74) is -3.74. The Labute approximate surface area is 139 Å². The average molecular weight is 410 g/mol. The molecule has 4 nitrogen and oxygen atoms in total. The van der Waals surface area contributed by atoms with Crippen molar-refractivity contribution in [3.63, 3.8) is 0 Å². The minimum atomic E-state index is -4.77. The van der Waals surface area contributed by atoms with Crippen molar-refractivity contribution in [3.05, 3.63) is 58.3 Å². The van der Waals surface area contributed by atoms with Crippen LogP contribution >= 0.6 is 15.9 Å². The lowest BCUT2D eigenvalue weighted by Crippen LogP contribution is -2.23. The van der Waals surface area contributed by atoms with Gasteiger partial charge in [-0.15, -0.1) is 0 Å². The van der Waals surface area contributed by atoms with Crippen LogP contribution < -0.4 is 4.74 Å². The van der Waals surface area contributed by atoms with Gasteiger partial charge in [0, 0.05) is 16.9 Å². The van der Waals surface area contributed by atoms with Gasteiger partial charge in [0.25, 0.3) is 0 Å². The molecule has 9 heteroatoms. The maximum atomic E-state index is 13.2. The minimum Gasteiger partial charge on any atom is -0.468 e. The smallest absolute Gasteiger partial charge is 0.418 e. The summed E-state index contributed by atoms with van der Waals surface area (Å²) in [5.74, 6) is 0.126. The van der Waals surface area contributed by atoms with E-state index < -0.39 is 32.7 Å². The Morgan fingerprint density at radius 1 is 1.22 bits per heavy atom. The Hall–Kier alpha value is -1.61. The molecule has 0 N–H and O–H groups in total. The van der Waals surface area contributed by atoms with Crippen molar-refractivity contribution >= 4 is 25.8 Å². The minimum absolute atomic E-state index is 0.0838. The second-order valence-corrected chi connectivity index (χ2v) is 7.68. The summed E-state index contributed by atoms with van der Waals surface area (Å²) < 4.78 is 68.9. The highest BCUT2D eigenvalue weighted by molar-refractivity contribution is 9.10. The maximum absolute atomic E-state index is 13.2. The number of aromatic nitrogens is 1. The van der Waals surface area contributed by atoms with E-state index in [1.807, 2.05) is 0 Å². The zero-order chi connectivity index (χ0) is 17.3. The first-order valence-corrected chi connectivity index (χ1v) is 8.97. The first-order valence-electron chi connectivity index (χ1n) is 6.22. The largest absolute Gasteiger partial charge is 0.468 e. The Balaban J connectivity index is 2.58. The van der Waals surface area contributed by atoms with Gasteiger partial charge < -0.3 is 4.74 Å². The lowest BCUT2D eigenvalue weighted by molar-refractivity contribution is -0.139. The summed E-state index contributed by atoms with van der Waals surface area (Å²) in [6.07, 6.45) is -2.88. The van der Waals surface area contributed by atoms with Gasteiger partial charge in [-0.25, -0.2) is 8.42 Å². The number of para-hydroxylation sites is 1. The molecule has 1 heterocycles. The molecule has 0 radical (unpaired) electrons. The number of pyridine rings is 1. The van der Waals surface area contributed by atoms with E-state index in [0.717, 1.165) is 18.5 Å². The third kappa shape index (κ3) is 4.44. The SMILES string of the molecule is CS(=O)(=O)C(Oc1ccccc1)c1ncc(Br)cc1C(F)(F)F. The fourth-order valence-electron chi connectivity index (χ4n) is 1.83. The van der Waals surface area contributed by atoms with E-state index in [9.17, 15) is 21.6 Å². The predicted molar refractivity (Wildman–Crippen MR) is 81.6 cm³/mol. The lowest BCUT2D eigenvalue weighted by Gasteiger charge is -2.20. The summed E-state index contributed by atoms with van der Waals surface area (Å²) >= 11 is 2.90. The number of nitrogens with zero attached hydrogens (tertiary/aromatic N) is 1. The second kappa shape index (κ2) is 6.48. The number of sulfone groups is 1. The Bertz CT molecular complexity index is 795. The zero-order valence-corrected chi connectivity index (χ0v) is 14.1. The van der Waals surface area contributed by atoms with E-state index in [0.29, 0.717) is 0 Å². The van der Waals surface area contributed by atoms with Crippen molar-refractivity contribution in [2.45, 2.75) is 11.6 Å². The molecule has 1 unspecified atom stereocenters. The predicted octanol–water partition coefficient (Wildman–Crippen LogP) is 3.99. The lowest BCUT2D eigenvalue weighted by atomic mass is 10.2. The van der Waals surface area contributed by atoms with Gasteiger partial charge >= 0.3 is 6.18 Å². The first kappa shape index (κ1) is 17.7. The Morgan fingerprint density at radius 3 is 2.35 bits per heavy atom. The number of hydrogen-bond donors (Lipinski definition) is 0.